The van der Waals surface area contributed by atoms with E-state index in [2.05, 4.69) is 9.97 Å². The SMILES string of the molecule is O=c1cc2ncsc2c[nH]1. The lowest BCUT2D eigenvalue weighted by atomic mass is 10.4. The molecule has 2 rings (SSSR count). The molecule has 0 saturated carbocycles. The molecular formula is C6H4N2OS. The Morgan fingerprint density at radius 1 is 1.60 bits per heavy atom. The molecule has 0 amide bonds. The Hall–Kier alpha value is -1.16. The topological polar surface area (TPSA) is 45.8 Å². The van der Waals surface area contributed by atoms with Crippen molar-refractivity contribution in [3.05, 3.63) is 28.1 Å². The zero-order valence-corrected chi connectivity index (χ0v) is 5.81. The first-order chi connectivity index (χ1) is 4.86. The van der Waals surface area contributed by atoms with Gasteiger partial charge in [0.15, 0.2) is 0 Å². The van der Waals surface area contributed by atoms with Crippen LogP contribution in [0.1, 0.15) is 0 Å². The number of hydrogen-bond acceptors (Lipinski definition) is 3. The lowest BCUT2D eigenvalue weighted by Crippen LogP contribution is -2.00. The highest BCUT2D eigenvalue weighted by Crippen LogP contribution is 2.12. The summed E-state index contributed by atoms with van der Waals surface area (Å²) in [5.74, 6) is 0. The van der Waals surface area contributed by atoms with E-state index in [9.17, 15) is 4.79 Å². The van der Waals surface area contributed by atoms with Gasteiger partial charge in [-0.1, -0.05) is 0 Å². The Labute approximate surface area is 60.4 Å². The van der Waals surface area contributed by atoms with Crippen molar-refractivity contribution in [3.8, 4) is 0 Å². The van der Waals surface area contributed by atoms with Gasteiger partial charge in [-0.05, 0) is 0 Å². The van der Waals surface area contributed by atoms with Crippen LogP contribution in [0.4, 0.5) is 0 Å². The molecule has 2 aromatic rings. The first-order valence-corrected chi connectivity index (χ1v) is 3.66. The third kappa shape index (κ3) is 0.733. The fourth-order valence-corrected chi connectivity index (χ4v) is 1.42. The van der Waals surface area contributed by atoms with E-state index < -0.39 is 0 Å². The summed E-state index contributed by atoms with van der Waals surface area (Å²) in [6.45, 7) is 0. The number of aromatic amines is 1. The molecule has 0 aliphatic carbocycles. The van der Waals surface area contributed by atoms with Crippen LogP contribution in [0.25, 0.3) is 10.2 Å². The highest BCUT2D eigenvalue weighted by atomic mass is 32.1. The normalized spacial score (nSPS) is 10.4. The molecule has 0 aliphatic rings. The predicted octanol–water partition coefficient (Wildman–Crippen LogP) is 0.985. The molecule has 0 aliphatic heterocycles. The summed E-state index contributed by atoms with van der Waals surface area (Å²) in [5, 5.41) is 0. The Bertz CT molecular complexity index is 403. The number of H-pyrrole nitrogens is 1. The van der Waals surface area contributed by atoms with Crippen molar-refractivity contribution < 1.29 is 0 Å². The van der Waals surface area contributed by atoms with Gasteiger partial charge in [-0.2, -0.15) is 0 Å². The summed E-state index contributed by atoms with van der Waals surface area (Å²) in [7, 11) is 0. The van der Waals surface area contributed by atoms with Crippen LogP contribution >= 0.6 is 11.3 Å². The molecule has 10 heavy (non-hydrogen) atoms. The molecular weight excluding hydrogens is 148 g/mol. The van der Waals surface area contributed by atoms with Crippen LogP contribution in [-0.2, 0) is 0 Å². The monoisotopic (exact) mass is 152 g/mol. The summed E-state index contributed by atoms with van der Waals surface area (Å²) in [5.41, 5.74) is 2.39. The maximum Gasteiger partial charge on any atom is 0.250 e. The van der Waals surface area contributed by atoms with Crippen molar-refractivity contribution in [3.63, 3.8) is 0 Å². The first-order valence-electron chi connectivity index (χ1n) is 2.78. The molecule has 50 valence electrons. The first kappa shape index (κ1) is 5.61. The number of hydrogen-bond donors (Lipinski definition) is 1. The smallest absolute Gasteiger partial charge is 0.250 e. The predicted molar refractivity (Wildman–Crippen MR) is 40.2 cm³/mol. The second-order valence-electron chi connectivity index (χ2n) is 1.90. The molecule has 0 spiro atoms. The maximum absolute atomic E-state index is 10.7. The highest BCUT2D eigenvalue weighted by Gasteiger charge is 1.93. The Morgan fingerprint density at radius 3 is 3.40 bits per heavy atom. The number of nitrogens with zero attached hydrogens (tertiary/aromatic N) is 1. The summed E-state index contributed by atoms with van der Waals surface area (Å²) in [4.78, 5) is 17.2. The van der Waals surface area contributed by atoms with E-state index in [1.807, 2.05) is 0 Å². The van der Waals surface area contributed by atoms with Crippen molar-refractivity contribution in [1.82, 2.24) is 9.97 Å². The van der Waals surface area contributed by atoms with Gasteiger partial charge in [-0.25, -0.2) is 4.98 Å². The van der Waals surface area contributed by atoms with Crippen LogP contribution in [0, 0.1) is 0 Å². The Kier molecular flexibility index (Phi) is 1.07. The van der Waals surface area contributed by atoms with Crippen LogP contribution < -0.4 is 5.56 Å². The van der Waals surface area contributed by atoms with Crippen LogP contribution in [0.5, 0.6) is 0 Å². The van der Waals surface area contributed by atoms with Gasteiger partial charge in [0, 0.05) is 12.3 Å². The molecule has 2 aromatic heterocycles. The van der Waals surface area contributed by atoms with Crippen molar-refractivity contribution >= 4 is 21.6 Å². The fourth-order valence-electron chi connectivity index (χ4n) is 0.783. The van der Waals surface area contributed by atoms with E-state index in [0.29, 0.717) is 0 Å². The summed E-state index contributed by atoms with van der Waals surface area (Å²) >= 11 is 1.51. The highest BCUT2D eigenvalue weighted by molar-refractivity contribution is 7.16. The number of pyridine rings is 1. The van der Waals surface area contributed by atoms with Gasteiger partial charge in [0.05, 0.1) is 15.7 Å². The van der Waals surface area contributed by atoms with Crippen molar-refractivity contribution in [1.29, 1.82) is 0 Å². The minimum Gasteiger partial charge on any atom is -0.328 e. The standard InChI is InChI=1S/C6H4N2OS/c9-6-1-4-5(2-7-6)10-3-8-4/h1-3H,(H,7,9). The van der Waals surface area contributed by atoms with E-state index in [4.69, 9.17) is 0 Å². The van der Waals surface area contributed by atoms with Gasteiger partial charge >= 0.3 is 0 Å². The molecule has 3 nitrogen and oxygen atoms in total. The Balaban J connectivity index is 2.99. The van der Waals surface area contributed by atoms with Gasteiger partial charge in [-0.3, -0.25) is 4.79 Å². The molecule has 0 atom stereocenters. The zero-order valence-electron chi connectivity index (χ0n) is 5.00. The van der Waals surface area contributed by atoms with Crippen LogP contribution in [0.15, 0.2) is 22.6 Å². The van der Waals surface area contributed by atoms with Gasteiger partial charge in [0.2, 0.25) is 5.56 Å². The van der Waals surface area contributed by atoms with E-state index in [1.165, 1.54) is 17.4 Å². The third-order valence-corrected chi connectivity index (χ3v) is 2.03. The molecule has 0 bridgehead atoms. The largest absolute Gasteiger partial charge is 0.328 e. The van der Waals surface area contributed by atoms with Gasteiger partial charge < -0.3 is 4.98 Å². The average Bonchev–Trinajstić information content (AvgIpc) is 2.33. The minimum absolute atomic E-state index is 0.0987. The molecule has 0 unspecified atom stereocenters. The number of thiazole rings is 1. The molecule has 2 heterocycles. The molecule has 1 N–H and O–H groups in total. The number of fused-ring (bicyclic) bond motifs is 1. The lowest BCUT2D eigenvalue weighted by molar-refractivity contribution is 1.26. The zero-order chi connectivity index (χ0) is 6.97. The van der Waals surface area contributed by atoms with Gasteiger partial charge in [0.25, 0.3) is 0 Å². The molecule has 4 heteroatoms. The number of rotatable bonds is 0. The second kappa shape index (κ2) is 1.91. The van der Waals surface area contributed by atoms with Gasteiger partial charge in [-0.15, -0.1) is 11.3 Å². The molecule has 0 fully saturated rings. The molecule has 0 radical (unpaired) electrons. The average molecular weight is 152 g/mol. The lowest BCUT2D eigenvalue weighted by Gasteiger charge is -1.81. The molecule has 0 saturated heterocycles. The van der Waals surface area contributed by atoms with Gasteiger partial charge in [0.1, 0.15) is 0 Å². The van der Waals surface area contributed by atoms with E-state index in [-0.39, 0.29) is 5.56 Å². The summed E-state index contributed by atoms with van der Waals surface area (Å²) in [6.07, 6.45) is 1.68. The van der Waals surface area contributed by atoms with Crippen LogP contribution in [0.3, 0.4) is 0 Å². The Morgan fingerprint density at radius 2 is 2.50 bits per heavy atom. The van der Waals surface area contributed by atoms with E-state index in [1.54, 1.807) is 11.7 Å². The number of aromatic nitrogens is 2. The number of nitrogens with one attached hydrogen (secondary N) is 1. The van der Waals surface area contributed by atoms with Crippen molar-refractivity contribution in [2.24, 2.45) is 0 Å². The maximum atomic E-state index is 10.7. The quantitative estimate of drug-likeness (QED) is 0.611. The van der Waals surface area contributed by atoms with E-state index in [0.717, 1.165) is 10.2 Å². The molecule has 0 aromatic carbocycles. The minimum atomic E-state index is -0.0987. The van der Waals surface area contributed by atoms with Crippen LogP contribution in [0.2, 0.25) is 0 Å². The summed E-state index contributed by atoms with van der Waals surface area (Å²) < 4.78 is 1.01. The third-order valence-electron chi connectivity index (χ3n) is 1.24. The second-order valence-corrected chi connectivity index (χ2v) is 2.79. The van der Waals surface area contributed by atoms with Crippen molar-refractivity contribution in [2.75, 3.05) is 0 Å². The van der Waals surface area contributed by atoms with E-state index >= 15 is 0 Å². The van der Waals surface area contributed by atoms with Crippen molar-refractivity contribution in [2.45, 2.75) is 0 Å². The fraction of sp³-hybridized carbons (Fsp3) is 0. The summed E-state index contributed by atoms with van der Waals surface area (Å²) in [6, 6.07) is 1.49. The van der Waals surface area contributed by atoms with Crippen LogP contribution in [-0.4, -0.2) is 9.97 Å².